The van der Waals surface area contributed by atoms with Crippen LogP contribution in [0.5, 0.6) is 0 Å². The third-order valence-electron chi connectivity index (χ3n) is 2.62. The lowest BCUT2D eigenvalue weighted by Crippen LogP contribution is -2.46. The Morgan fingerprint density at radius 1 is 1.24 bits per heavy atom. The summed E-state index contributed by atoms with van der Waals surface area (Å²) in [6, 6.07) is 4.01. The Hall–Kier alpha value is -1.30. The van der Waals surface area contributed by atoms with Gasteiger partial charge < -0.3 is 10.6 Å². The van der Waals surface area contributed by atoms with Crippen LogP contribution in [-0.2, 0) is 6.18 Å². The van der Waals surface area contributed by atoms with Crippen LogP contribution in [0.25, 0.3) is 0 Å². The predicted molar refractivity (Wildman–Crippen MR) is 65.4 cm³/mol. The molecule has 1 aliphatic heterocycles. The Morgan fingerprint density at radius 3 is 2.47 bits per heavy atom. The predicted octanol–water partition coefficient (Wildman–Crippen LogP) is 3.65. The van der Waals surface area contributed by atoms with E-state index in [1.165, 1.54) is 6.07 Å². The highest BCUT2D eigenvalue weighted by atomic mass is 32.1. The van der Waals surface area contributed by atoms with Gasteiger partial charge >= 0.3 is 6.18 Å². The molecule has 0 atom stereocenters. The zero-order valence-corrected chi connectivity index (χ0v) is 10.1. The topological polar surface area (TPSA) is 24.1 Å². The van der Waals surface area contributed by atoms with Crippen LogP contribution in [-0.4, -0.2) is 10.5 Å². The smallest absolute Gasteiger partial charge is 0.372 e. The molecule has 1 aromatic rings. The second-order valence-corrected chi connectivity index (χ2v) is 4.84. The molecule has 1 heterocycles. The highest BCUT2D eigenvalue weighted by molar-refractivity contribution is 7.80. The van der Waals surface area contributed by atoms with Gasteiger partial charge in [0.25, 0.3) is 0 Å². The van der Waals surface area contributed by atoms with Crippen molar-refractivity contribution >= 4 is 28.6 Å². The molecule has 0 saturated heterocycles. The molecule has 1 aliphatic rings. The number of alkyl halides is 3. The van der Waals surface area contributed by atoms with E-state index in [1.54, 1.807) is 6.07 Å². The van der Waals surface area contributed by atoms with Crippen LogP contribution in [0.15, 0.2) is 18.2 Å². The van der Waals surface area contributed by atoms with Crippen molar-refractivity contribution in [1.29, 1.82) is 0 Å². The lowest BCUT2D eigenvalue weighted by molar-refractivity contribution is -0.136. The second kappa shape index (κ2) is 3.60. The molecule has 2 N–H and O–H groups in total. The number of fused-ring (bicyclic) bond motifs is 1. The van der Waals surface area contributed by atoms with Crippen molar-refractivity contribution < 1.29 is 13.2 Å². The molecule has 17 heavy (non-hydrogen) atoms. The summed E-state index contributed by atoms with van der Waals surface area (Å²) in [6.45, 7) is 3.62. The van der Waals surface area contributed by atoms with Gasteiger partial charge in [0.05, 0.1) is 22.5 Å². The third kappa shape index (κ3) is 2.09. The van der Waals surface area contributed by atoms with Gasteiger partial charge in [-0.15, -0.1) is 0 Å². The molecule has 0 unspecified atom stereocenters. The van der Waals surface area contributed by atoms with Crippen molar-refractivity contribution in [3.63, 3.8) is 0 Å². The number of thiocarbonyl (C=S) groups is 1. The Labute approximate surface area is 102 Å². The van der Waals surface area contributed by atoms with E-state index in [9.17, 15) is 13.2 Å². The fourth-order valence-corrected chi connectivity index (χ4v) is 1.84. The van der Waals surface area contributed by atoms with Crippen molar-refractivity contribution in [2.45, 2.75) is 25.6 Å². The van der Waals surface area contributed by atoms with E-state index < -0.39 is 17.3 Å². The van der Waals surface area contributed by atoms with Gasteiger partial charge in [0.1, 0.15) is 4.99 Å². The Balaban J connectivity index is 2.55. The SMILES string of the molecule is CC1(C)Nc2cccc(C(F)(F)F)c2NC1=S. The first-order valence-corrected chi connectivity index (χ1v) is 5.42. The maximum absolute atomic E-state index is 12.8. The molecule has 1 aromatic carbocycles. The largest absolute Gasteiger partial charge is 0.418 e. The molecule has 0 saturated carbocycles. The van der Waals surface area contributed by atoms with Crippen molar-refractivity contribution in [1.82, 2.24) is 0 Å². The monoisotopic (exact) mass is 260 g/mol. The van der Waals surface area contributed by atoms with E-state index in [0.717, 1.165) is 6.07 Å². The number of hydrogen-bond acceptors (Lipinski definition) is 2. The van der Waals surface area contributed by atoms with Crippen LogP contribution in [0.1, 0.15) is 19.4 Å². The Bertz CT molecular complexity index is 480. The fourth-order valence-electron chi connectivity index (χ4n) is 1.69. The van der Waals surface area contributed by atoms with Gasteiger partial charge in [-0.2, -0.15) is 13.2 Å². The lowest BCUT2D eigenvalue weighted by Gasteiger charge is -2.36. The summed E-state index contributed by atoms with van der Waals surface area (Å²) in [7, 11) is 0. The van der Waals surface area contributed by atoms with Gasteiger partial charge in [0.2, 0.25) is 0 Å². The first kappa shape index (κ1) is 12.2. The zero-order valence-electron chi connectivity index (χ0n) is 9.27. The minimum atomic E-state index is -4.39. The summed E-state index contributed by atoms with van der Waals surface area (Å²) in [4.78, 5) is 0.349. The normalized spacial score (nSPS) is 18.1. The molecule has 0 fully saturated rings. The summed E-state index contributed by atoms with van der Waals surface area (Å²) in [6.07, 6.45) is -4.39. The molecule has 0 radical (unpaired) electrons. The molecule has 0 bridgehead atoms. The average Bonchev–Trinajstić information content (AvgIpc) is 2.16. The summed E-state index contributed by atoms with van der Waals surface area (Å²) in [5.74, 6) is 0. The van der Waals surface area contributed by atoms with Gasteiger partial charge in [-0.25, -0.2) is 0 Å². The van der Waals surface area contributed by atoms with Crippen molar-refractivity contribution in [3.05, 3.63) is 23.8 Å². The zero-order chi connectivity index (χ0) is 12.8. The van der Waals surface area contributed by atoms with E-state index in [2.05, 4.69) is 10.6 Å². The molecule has 0 aliphatic carbocycles. The number of para-hydroxylation sites is 1. The second-order valence-electron chi connectivity index (χ2n) is 4.43. The minimum Gasteiger partial charge on any atom is -0.372 e. The molecule has 6 heteroatoms. The van der Waals surface area contributed by atoms with Gasteiger partial charge in [0, 0.05) is 0 Å². The van der Waals surface area contributed by atoms with Crippen LogP contribution in [0.2, 0.25) is 0 Å². The quantitative estimate of drug-likeness (QED) is 0.696. The van der Waals surface area contributed by atoms with Crippen molar-refractivity contribution in [2.24, 2.45) is 0 Å². The van der Waals surface area contributed by atoms with E-state index in [4.69, 9.17) is 12.2 Å². The third-order valence-corrected chi connectivity index (χ3v) is 3.24. The fraction of sp³-hybridized carbons (Fsp3) is 0.364. The van der Waals surface area contributed by atoms with Crippen LogP contribution in [0, 0.1) is 0 Å². The van der Waals surface area contributed by atoms with E-state index in [0.29, 0.717) is 10.7 Å². The highest BCUT2D eigenvalue weighted by Crippen LogP contribution is 2.41. The standard InChI is InChI=1S/C11H11F3N2S/c1-10(2)9(17)15-8-6(11(12,13)14)4-3-5-7(8)16-10/h3-5,16H,1-2H3,(H,15,17). The number of hydrogen-bond donors (Lipinski definition) is 2. The van der Waals surface area contributed by atoms with E-state index in [1.807, 2.05) is 13.8 Å². The van der Waals surface area contributed by atoms with Crippen LogP contribution < -0.4 is 10.6 Å². The first-order valence-electron chi connectivity index (χ1n) is 5.02. The number of halogens is 3. The first-order chi connectivity index (χ1) is 7.72. The van der Waals surface area contributed by atoms with E-state index in [-0.39, 0.29) is 5.69 Å². The highest BCUT2D eigenvalue weighted by Gasteiger charge is 2.38. The van der Waals surface area contributed by atoms with E-state index >= 15 is 0 Å². The van der Waals surface area contributed by atoms with Gasteiger partial charge in [-0.3, -0.25) is 0 Å². The molecule has 0 amide bonds. The summed E-state index contributed by atoms with van der Waals surface area (Å²) in [5.41, 5.74) is -0.838. The van der Waals surface area contributed by atoms with Gasteiger partial charge in [-0.05, 0) is 26.0 Å². The van der Waals surface area contributed by atoms with Crippen LogP contribution in [0.4, 0.5) is 24.5 Å². The Kier molecular flexibility index (Phi) is 2.57. The maximum atomic E-state index is 12.8. The summed E-state index contributed by atoms with van der Waals surface area (Å²) < 4.78 is 38.4. The summed E-state index contributed by atoms with van der Waals surface area (Å²) >= 11 is 5.06. The molecular weight excluding hydrogens is 249 g/mol. The minimum absolute atomic E-state index is 0.00400. The van der Waals surface area contributed by atoms with Crippen LogP contribution >= 0.6 is 12.2 Å². The van der Waals surface area contributed by atoms with Crippen LogP contribution in [0.3, 0.4) is 0 Å². The molecule has 0 spiro atoms. The molecule has 92 valence electrons. The summed E-state index contributed by atoms with van der Waals surface area (Å²) in [5, 5.41) is 5.67. The molecule has 2 rings (SSSR count). The average molecular weight is 260 g/mol. The van der Waals surface area contributed by atoms with Gasteiger partial charge in [0.15, 0.2) is 0 Å². The van der Waals surface area contributed by atoms with Gasteiger partial charge in [-0.1, -0.05) is 18.3 Å². The molecule has 2 nitrogen and oxygen atoms in total. The van der Waals surface area contributed by atoms with Crippen molar-refractivity contribution in [3.8, 4) is 0 Å². The lowest BCUT2D eigenvalue weighted by atomic mass is 9.99. The number of anilines is 2. The number of nitrogens with one attached hydrogen (secondary N) is 2. The molecule has 0 aromatic heterocycles. The molecular formula is C11H11F3N2S. The number of benzene rings is 1. The Morgan fingerprint density at radius 2 is 1.88 bits per heavy atom. The maximum Gasteiger partial charge on any atom is 0.418 e. The van der Waals surface area contributed by atoms with Crippen molar-refractivity contribution in [2.75, 3.05) is 10.6 Å². The number of rotatable bonds is 0.